The van der Waals surface area contributed by atoms with Crippen LogP contribution in [0.4, 0.5) is 0 Å². The van der Waals surface area contributed by atoms with Crippen molar-refractivity contribution in [1.29, 1.82) is 0 Å². The molecular formula is C43H80N4O4. The summed E-state index contributed by atoms with van der Waals surface area (Å²) in [7, 11) is 0. The Balaban J connectivity index is 1.39. The Bertz CT molecular complexity index is 1090. The normalized spacial score (nSPS) is 36.6. The number of hydrogen-bond donors (Lipinski definition) is 5. The maximum atomic E-state index is 14.3. The minimum absolute atomic E-state index is 0.00548. The number of rotatable bonds is 21. The summed E-state index contributed by atoms with van der Waals surface area (Å²) in [4.78, 5) is 27.0. The van der Waals surface area contributed by atoms with Crippen molar-refractivity contribution in [2.45, 2.75) is 163 Å². The van der Waals surface area contributed by atoms with Crippen LogP contribution in [0, 0.1) is 57.7 Å². The SMILES string of the molecule is CC(=O)O[C@H]1C[C@@]2(C)C(CCC3[C@@]4(C)CC[C@@H](O)[C@@H](C)C4CC[C@@]32C)[C@@H]1[C@H](CCCC(C)C)C(=O)NCCCNCCCCNCCCCCN. The highest BCUT2D eigenvalue weighted by Crippen LogP contribution is 2.75. The van der Waals surface area contributed by atoms with Gasteiger partial charge in [0.2, 0.25) is 5.91 Å². The zero-order chi connectivity index (χ0) is 37.2. The van der Waals surface area contributed by atoms with Crippen LogP contribution in [-0.2, 0) is 14.3 Å². The molecule has 1 amide bonds. The molecule has 0 saturated heterocycles. The van der Waals surface area contributed by atoms with E-state index in [1.165, 1.54) is 25.7 Å². The quantitative estimate of drug-likeness (QED) is 0.0628. The number of aliphatic hydroxyl groups excluding tert-OH is 1. The molecule has 0 radical (unpaired) electrons. The lowest BCUT2D eigenvalue weighted by Crippen LogP contribution is -2.62. The Morgan fingerprint density at radius 3 is 2.12 bits per heavy atom. The van der Waals surface area contributed by atoms with Crippen LogP contribution >= 0.6 is 0 Å². The summed E-state index contributed by atoms with van der Waals surface area (Å²) in [6, 6.07) is 0. The van der Waals surface area contributed by atoms with Crippen LogP contribution in [0.2, 0.25) is 0 Å². The first-order valence-electron chi connectivity index (χ1n) is 21.5. The number of hydrogen-bond acceptors (Lipinski definition) is 7. The van der Waals surface area contributed by atoms with Gasteiger partial charge in [0, 0.05) is 25.3 Å². The second kappa shape index (κ2) is 19.4. The summed E-state index contributed by atoms with van der Waals surface area (Å²) in [6.07, 6.45) is 16.8. The number of carbonyl (C=O) groups is 2. The Hall–Kier alpha value is -1.22. The first-order valence-corrected chi connectivity index (χ1v) is 21.5. The molecule has 4 rings (SSSR count). The average Bonchev–Trinajstić information content (AvgIpc) is 3.36. The van der Waals surface area contributed by atoms with Crippen LogP contribution in [-0.4, -0.2) is 68.5 Å². The van der Waals surface area contributed by atoms with E-state index in [2.05, 4.69) is 57.5 Å². The van der Waals surface area contributed by atoms with Gasteiger partial charge in [-0.05, 0) is 162 Å². The minimum Gasteiger partial charge on any atom is -0.462 e. The van der Waals surface area contributed by atoms with E-state index >= 15 is 0 Å². The van der Waals surface area contributed by atoms with Crippen LogP contribution in [0.25, 0.3) is 0 Å². The number of esters is 1. The first kappa shape index (κ1) is 42.5. The molecule has 0 aromatic heterocycles. The molecule has 0 spiro atoms. The van der Waals surface area contributed by atoms with E-state index in [0.29, 0.717) is 36.1 Å². The van der Waals surface area contributed by atoms with Crippen molar-refractivity contribution < 1.29 is 19.4 Å². The number of carbonyl (C=O) groups excluding carboxylic acids is 2. The van der Waals surface area contributed by atoms with E-state index < -0.39 is 0 Å². The topological polar surface area (TPSA) is 126 Å². The lowest BCUT2D eigenvalue weighted by Gasteiger charge is -2.68. The summed E-state index contributed by atoms with van der Waals surface area (Å²) in [5.41, 5.74) is 5.90. The van der Waals surface area contributed by atoms with Crippen molar-refractivity contribution in [2.75, 3.05) is 39.3 Å². The van der Waals surface area contributed by atoms with Gasteiger partial charge < -0.3 is 31.5 Å². The van der Waals surface area contributed by atoms with Gasteiger partial charge in [0.05, 0.1) is 6.10 Å². The summed E-state index contributed by atoms with van der Waals surface area (Å²) < 4.78 is 6.28. The summed E-state index contributed by atoms with van der Waals surface area (Å²) in [5.74, 6) is 2.29. The maximum Gasteiger partial charge on any atom is 0.302 e. The molecule has 0 aliphatic heterocycles. The predicted octanol–water partition coefficient (Wildman–Crippen LogP) is 7.22. The van der Waals surface area contributed by atoms with Crippen LogP contribution < -0.4 is 21.7 Å². The fourth-order valence-electron chi connectivity index (χ4n) is 12.4. The third-order valence-corrected chi connectivity index (χ3v) is 15.3. The molecule has 6 N–H and O–H groups in total. The summed E-state index contributed by atoms with van der Waals surface area (Å²) in [6.45, 7) is 21.5. The number of aliphatic hydroxyl groups is 1. The molecule has 4 aliphatic carbocycles. The van der Waals surface area contributed by atoms with Crippen molar-refractivity contribution in [3.8, 4) is 0 Å². The molecule has 8 nitrogen and oxygen atoms in total. The van der Waals surface area contributed by atoms with E-state index in [9.17, 15) is 14.7 Å². The zero-order valence-corrected chi connectivity index (χ0v) is 34.0. The van der Waals surface area contributed by atoms with E-state index in [0.717, 1.165) is 110 Å². The number of fused-ring (bicyclic) bond motifs is 5. The smallest absolute Gasteiger partial charge is 0.302 e. The van der Waals surface area contributed by atoms with Gasteiger partial charge in [-0.1, -0.05) is 60.8 Å². The fraction of sp³-hybridized carbons (Fsp3) is 0.953. The Kier molecular flexibility index (Phi) is 16.2. The Morgan fingerprint density at radius 2 is 1.47 bits per heavy atom. The highest BCUT2D eigenvalue weighted by atomic mass is 16.5. The Labute approximate surface area is 312 Å². The standard InChI is InChI=1S/C43H80N4O4/c1-30(2)15-13-16-33(40(50)47-28-14-27-46-26-12-11-25-45-24-10-8-9-23-44)39-35-17-18-38-41(5)21-20-36(49)31(3)34(41)19-22-42(38,6)43(35,7)29-37(39)51-32(4)48/h30-31,33-39,45-46,49H,8-29,44H2,1-7H3,(H,47,50)/t31-,33-,34?,35?,36+,37-,38?,39-,41-,42-,43-/m0/s1. The second-order valence-corrected chi connectivity index (χ2v) is 18.7. The van der Waals surface area contributed by atoms with Gasteiger partial charge in [-0.25, -0.2) is 0 Å². The van der Waals surface area contributed by atoms with E-state index in [1.807, 2.05) is 0 Å². The van der Waals surface area contributed by atoms with Crippen molar-refractivity contribution >= 4 is 11.9 Å². The van der Waals surface area contributed by atoms with Gasteiger partial charge in [0.1, 0.15) is 6.10 Å². The van der Waals surface area contributed by atoms with E-state index in [1.54, 1.807) is 6.92 Å². The minimum atomic E-state index is -0.220. The lowest BCUT2D eigenvalue weighted by molar-refractivity contribution is -0.203. The van der Waals surface area contributed by atoms with Gasteiger partial charge >= 0.3 is 5.97 Å². The third kappa shape index (κ3) is 9.91. The molecule has 0 heterocycles. The van der Waals surface area contributed by atoms with Crippen LogP contribution in [0.1, 0.15) is 151 Å². The summed E-state index contributed by atoms with van der Waals surface area (Å²) >= 11 is 0. The molecule has 0 aromatic rings. The second-order valence-electron chi connectivity index (χ2n) is 18.7. The van der Waals surface area contributed by atoms with Crippen LogP contribution in [0.3, 0.4) is 0 Å². The zero-order valence-electron chi connectivity index (χ0n) is 34.0. The highest BCUT2D eigenvalue weighted by Gasteiger charge is 2.70. The van der Waals surface area contributed by atoms with Gasteiger partial charge in [-0.2, -0.15) is 0 Å². The molecule has 0 aromatic carbocycles. The number of nitrogens with two attached hydrogens (primary N) is 1. The molecule has 4 fully saturated rings. The molecule has 11 atom stereocenters. The van der Waals surface area contributed by atoms with Crippen molar-refractivity contribution in [1.82, 2.24) is 16.0 Å². The van der Waals surface area contributed by atoms with Crippen molar-refractivity contribution in [3.05, 3.63) is 0 Å². The highest BCUT2D eigenvalue weighted by molar-refractivity contribution is 5.79. The van der Waals surface area contributed by atoms with Gasteiger partial charge in [0.25, 0.3) is 0 Å². The number of ether oxygens (including phenoxy) is 1. The number of unbranched alkanes of at least 4 members (excludes halogenated alkanes) is 3. The number of nitrogens with one attached hydrogen (secondary N) is 3. The predicted molar refractivity (Wildman–Crippen MR) is 209 cm³/mol. The lowest BCUT2D eigenvalue weighted by atomic mass is 9.37. The largest absolute Gasteiger partial charge is 0.462 e. The molecule has 8 heteroatoms. The maximum absolute atomic E-state index is 14.3. The van der Waals surface area contributed by atoms with Crippen molar-refractivity contribution in [2.24, 2.45) is 63.4 Å². The molecule has 4 saturated carbocycles. The molecular weight excluding hydrogens is 636 g/mol. The Morgan fingerprint density at radius 1 is 0.804 bits per heavy atom. The van der Waals surface area contributed by atoms with Crippen molar-refractivity contribution in [3.63, 3.8) is 0 Å². The summed E-state index contributed by atoms with van der Waals surface area (Å²) in [5, 5.41) is 21.3. The molecule has 51 heavy (non-hydrogen) atoms. The monoisotopic (exact) mass is 717 g/mol. The van der Waals surface area contributed by atoms with Gasteiger partial charge in [0.15, 0.2) is 0 Å². The van der Waals surface area contributed by atoms with Gasteiger partial charge in [-0.3, -0.25) is 9.59 Å². The molecule has 296 valence electrons. The average molecular weight is 717 g/mol. The third-order valence-electron chi connectivity index (χ3n) is 15.3. The number of amides is 1. The van der Waals surface area contributed by atoms with Crippen LogP contribution in [0.5, 0.6) is 0 Å². The van der Waals surface area contributed by atoms with Crippen LogP contribution in [0.15, 0.2) is 0 Å². The fourth-order valence-corrected chi connectivity index (χ4v) is 12.4. The van der Waals surface area contributed by atoms with E-state index in [-0.39, 0.29) is 52.2 Å². The van der Waals surface area contributed by atoms with E-state index in [4.69, 9.17) is 10.5 Å². The molecule has 0 bridgehead atoms. The molecule has 3 unspecified atom stereocenters. The first-order chi connectivity index (χ1) is 24.3. The molecule has 4 aliphatic rings. The van der Waals surface area contributed by atoms with Gasteiger partial charge in [-0.15, -0.1) is 0 Å².